The number of aryl methyl sites for hydroxylation is 1. The summed E-state index contributed by atoms with van der Waals surface area (Å²) in [5.74, 6) is -0.346. The number of aliphatic hydroxyl groups is 1. The van der Waals surface area contributed by atoms with E-state index in [2.05, 4.69) is 10.4 Å². The van der Waals surface area contributed by atoms with Crippen molar-refractivity contribution in [3.05, 3.63) is 53.9 Å². The molecule has 6 nitrogen and oxygen atoms in total. The first-order chi connectivity index (χ1) is 9.61. The normalized spacial score (nSPS) is 13.8. The van der Waals surface area contributed by atoms with Crippen molar-refractivity contribution in [3.63, 3.8) is 0 Å². The highest BCUT2D eigenvalue weighted by Crippen LogP contribution is 2.14. The molecule has 1 heterocycles. The molecule has 0 saturated carbocycles. The number of nitrogens with two attached hydrogens (primary N) is 1. The second-order valence-electron chi connectivity index (χ2n) is 4.58. The average Bonchev–Trinajstić information content (AvgIpc) is 2.91. The molecule has 2 atom stereocenters. The van der Waals surface area contributed by atoms with Crippen LogP contribution in [0.15, 0.2) is 42.7 Å². The Morgan fingerprint density at radius 2 is 2.10 bits per heavy atom. The second kappa shape index (κ2) is 6.31. The Morgan fingerprint density at radius 3 is 2.65 bits per heavy atom. The van der Waals surface area contributed by atoms with Gasteiger partial charge in [0.05, 0.1) is 18.8 Å². The van der Waals surface area contributed by atoms with Crippen LogP contribution < -0.4 is 11.1 Å². The van der Waals surface area contributed by atoms with Crippen molar-refractivity contribution >= 4 is 5.91 Å². The Kier molecular flexibility index (Phi) is 4.49. The molecule has 0 aliphatic rings. The molecular formula is C14H18N4O2. The minimum atomic E-state index is -0.804. The average molecular weight is 274 g/mol. The Bertz CT molecular complexity index is 568. The second-order valence-corrected chi connectivity index (χ2v) is 4.58. The minimum absolute atomic E-state index is 0.185. The molecule has 6 heteroatoms. The van der Waals surface area contributed by atoms with Crippen molar-refractivity contribution in [2.45, 2.75) is 12.1 Å². The predicted molar refractivity (Wildman–Crippen MR) is 74.5 cm³/mol. The summed E-state index contributed by atoms with van der Waals surface area (Å²) in [5.41, 5.74) is 7.35. The van der Waals surface area contributed by atoms with Gasteiger partial charge < -0.3 is 16.2 Å². The summed E-state index contributed by atoms with van der Waals surface area (Å²) < 4.78 is 1.59. The van der Waals surface area contributed by atoms with Gasteiger partial charge >= 0.3 is 0 Å². The molecule has 2 rings (SSSR count). The molecule has 1 aromatic carbocycles. The van der Waals surface area contributed by atoms with Crippen LogP contribution in [0.1, 0.15) is 23.2 Å². The van der Waals surface area contributed by atoms with Crippen molar-refractivity contribution < 1.29 is 9.90 Å². The van der Waals surface area contributed by atoms with E-state index in [1.54, 1.807) is 24.1 Å². The summed E-state index contributed by atoms with van der Waals surface area (Å²) in [7, 11) is 1.76. The van der Waals surface area contributed by atoms with Crippen LogP contribution in [0.4, 0.5) is 0 Å². The number of amides is 1. The fraction of sp³-hybridized carbons (Fsp3) is 0.286. The maximum Gasteiger partial charge on any atom is 0.242 e. The van der Waals surface area contributed by atoms with Gasteiger partial charge in [0.25, 0.3) is 0 Å². The molecule has 0 spiro atoms. The molecule has 0 radical (unpaired) electrons. The number of nitrogens with one attached hydrogen (secondary N) is 1. The third kappa shape index (κ3) is 3.23. The smallest absolute Gasteiger partial charge is 0.242 e. The number of aromatic nitrogens is 2. The zero-order valence-electron chi connectivity index (χ0n) is 11.2. The first-order valence-electron chi connectivity index (χ1n) is 6.32. The highest BCUT2D eigenvalue weighted by molar-refractivity contribution is 5.83. The predicted octanol–water partition coefficient (Wildman–Crippen LogP) is 0.270. The molecule has 1 amide bonds. The number of aliphatic hydroxyl groups excluding tert-OH is 1. The first-order valence-corrected chi connectivity index (χ1v) is 6.32. The topological polar surface area (TPSA) is 93.2 Å². The molecule has 0 fully saturated rings. The summed E-state index contributed by atoms with van der Waals surface area (Å²) >= 11 is 0. The van der Waals surface area contributed by atoms with Crippen LogP contribution >= 0.6 is 0 Å². The van der Waals surface area contributed by atoms with Gasteiger partial charge in [0.2, 0.25) is 5.91 Å². The summed E-state index contributed by atoms with van der Waals surface area (Å²) in [4.78, 5) is 12.1. The third-order valence-corrected chi connectivity index (χ3v) is 3.07. The maximum atomic E-state index is 12.1. The van der Waals surface area contributed by atoms with E-state index in [-0.39, 0.29) is 12.5 Å². The van der Waals surface area contributed by atoms with Crippen molar-refractivity contribution in [1.82, 2.24) is 15.1 Å². The van der Waals surface area contributed by atoms with Gasteiger partial charge in [-0.3, -0.25) is 9.48 Å². The van der Waals surface area contributed by atoms with Gasteiger partial charge in [-0.15, -0.1) is 0 Å². The van der Waals surface area contributed by atoms with E-state index < -0.39 is 12.1 Å². The van der Waals surface area contributed by atoms with Crippen molar-refractivity contribution in [2.75, 3.05) is 6.61 Å². The van der Waals surface area contributed by atoms with E-state index in [9.17, 15) is 9.90 Å². The van der Waals surface area contributed by atoms with Crippen LogP contribution in [0.25, 0.3) is 0 Å². The van der Waals surface area contributed by atoms with Gasteiger partial charge in [0, 0.05) is 18.8 Å². The Hall–Kier alpha value is -2.18. The molecule has 2 aromatic rings. The summed E-state index contributed by atoms with van der Waals surface area (Å²) in [6, 6.07) is 8.00. The van der Waals surface area contributed by atoms with Gasteiger partial charge in [0.15, 0.2) is 0 Å². The third-order valence-electron chi connectivity index (χ3n) is 3.07. The van der Waals surface area contributed by atoms with E-state index in [4.69, 9.17) is 5.73 Å². The van der Waals surface area contributed by atoms with Crippen LogP contribution in [-0.2, 0) is 11.8 Å². The van der Waals surface area contributed by atoms with E-state index in [0.29, 0.717) is 5.56 Å². The molecule has 20 heavy (non-hydrogen) atoms. The molecule has 1 unspecified atom stereocenters. The van der Waals surface area contributed by atoms with E-state index in [1.807, 2.05) is 30.3 Å². The Balaban J connectivity index is 2.06. The SMILES string of the molecule is Cn1cc(C(N)C(=O)N[C@@H](CO)c2ccccc2)cn1. The van der Waals surface area contributed by atoms with E-state index in [1.165, 1.54) is 0 Å². The lowest BCUT2D eigenvalue weighted by Crippen LogP contribution is -2.37. The monoisotopic (exact) mass is 274 g/mol. The molecule has 106 valence electrons. The van der Waals surface area contributed by atoms with E-state index >= 15 is 0 Å². The molecule has 0 aliphatic heterocycles. The van der Waals surface area contributed by atoms with Crippen LogP contribution in [-0.4, -0.2) is 27.4 Å². The standard InChI is InChI=1S/C14H18N4O2/c1-18-8-11(7-16-18)13(15)14(20)17-12(9-19)10-5-3-2-4-6-10/h2-8,12-13,19H,9,15H2,1H3,(H,17,20)/t12-,13?/m0/s1. The quantitative estimate of drug-likeness (QED) is 0.729. The van der Waals surface area contributed by atoms with Crippen LogP contribution in [0.3, 0.4) is 0 Å². The number of carbonyl (C=O) groups is 1. The van der Waals surface area contributed by atoms with Crippen LogP contribution in [0.2, 0.25) is 0 Å². The molecule has 4 N–H and O–H groups in total. The highest BCUT2D eigenvalue weighted by Gasteiger charge is 2.21. The summed E-state index contributed by atoms with van der Waals surface area (Å²) in [5, 5.41) is 16.1. The zero-order valence-corrected chi connectivity index (χ0v) is 11.2. The fourth-order valence-corrected chi connectivity index (χ4v) is 1.93. The lowest BCUT2D eigenvalue weighted by atomic mass is 10.1. The van der Waals surface area contributed by atoms with Gasteiger partial charge in [-0.2, -0.15) is 5.10 Å². The largest absolute Gasteiger partial charge is 0.394 e. The van der Waals surface area contributed by atoms with Crippen molar-refractivity contribution in [2.24, 2.45) is 12.8 Å². The minimum Gasteiger partial charge on any atom is -0.394 e. The fourth-order valence-electron chi connectivity index (χ4n) is 1.93. The van der Waals surface area contributed by atoms with Gasteiger partial charge in [0.1, 0.15) is 6.04 Å². The van der Waals surface area contributed by atoms with Gasteiger partial charge in [-0.05, 0) is 5.56 Å². The van der Waals surface area contributed by atoms with Gasteiger partial charge in [-0.1, -0.05) is 30.3 Å². The number of hydrogen-bond donors (Lipinski definition) is 3. The first kappa shape index (κ1) is 14.2. The Morgan fingerprint density at radius 1 is 1.40 bits per heavy atom. The van der Waals surface area contributed by atoms with Crippen molar-refractivity contribution in [3.8, 4) is 0 Å². The molecular weight excluding hydrogens is 256 g/mol. The molecule has 0 saturated heterocycles. The summed E-state index contributed by atoms with van der Waals surface area (Å²) in [6.07, 6.45) is 3.25. The lowest BCUT2D eigenvalue weighted by Gasteiger charge is -2.19. The van der Waals surface area contributed by atoms with Gasteiger partial charge in [-0.25, -0.2) is 0 Å². The molecule has 0 bridgehead atoms. The number of carbonyl (C=O) groups excluding carboxylic acids is 1. The number of nitrogens with zero attached hydrogens (tertiary/aromatic N) is 2. The molecule has 1 aromatic heterocycles. The zero-order chi connectivity index (χ0) is 14.5. The van der Waals surface area contributed by atoms with E-state index in [0.717, 1.165) is 5.56 Å². The number of rotatable bonds is 5. The maximum absolute atomic E-state index is 12.1. The summed E-state index contributed by atoms with van der Waals surface area (Å²) in [6.45, 7) is -0.185. The number of hydrogen-bond acceptors (Lipinski definition) is 4. The van der Waals surface area contributed by atoms with Crippen LogP contribution in [0, 0.1) is 0 Å². The van der Waals surface area contributed by atoms with Crippen molar-refractivity contribution in [1.29, 1.82) is 0 Å². The molecule has 0 aliphatic carbocycles. The highest BCUT2D eigenvalue weighted by atomic mass is 16.3. The lowest BCUT2D eigenvalue weighted by molar-refractivity contribution is -0.123. The van der Waals surface area contributed by atoms with Crippen LogP contribution in [0.5, 0.6) is 0 Å². The Labute approximate surface area is 117 Å². The number of benzene rings is 1.